The van der Waals surface area contributed by atoms with Crippen molar-refractivity contribution in [1.29, 1.82) is 0 Å². The van der Waals surface area contributed by atoms with Gasteiger partial charge in [0, 0.05) is 29.4 Å². The van der Waals surface area contributed by atoms with Crippen molar-refractivity contribution in [2.75, 3.05) is 6.54 Å². The summed E-state index contributed by atoms with van der Waals surface area (Å²) in [4.78, 5) is 6.25. The van der Waals surface area contributed by atoms with Crippen LogP contribution in [0.4, 0.5) is 0 Å². The third-order valence-electron chi connectivity index (χ3n) is 4.35. The zero-order valence-corrected chi connectivity index (χ0v) is 14.7. The lowest BCUT2D eigenvalue weighted by Gasteiger charge is -2.16. The Morgan fingerprint density at radius 2 is 1.95 bits per heavy atom. The second-order valence-corrected chi connectivity index (χ2v) is 7.85. The van der Waals surface area contributed by atoms with Gasteiger partial charge in [0.15, 0.2) is 0 Å². The molecule has 0 bridgehead atoms. The van der Waals surface area contributed by atoms with Gasteiger partial charge < -0.3 is 5.32 Å². The van der Waals surface area contributed by atoms with Gasteiger partial charge in [0.1, 0.15) is 0 Å². The van der Waals surface area contributed by atoms with E-state index in [0.717, 1.165) is 13.0 Å². The van der Waals surface area contributed by atoms with Crippen LogP contribution in [0.1, 0.15) is 47.7 Å². The van der Waals surface area contributed by atoms with Crippen LogP contribution in [0.3, 0.4) is 0 Å². The number of hydrogen-bond acceptors (Lipinski definition) is 3. The van der Waals surface area contributed by atoms with Crippen molar-refractivity contribution in [2.45, 2.75) is 58.9 Å². The Labute approximate surface area is 138 Å². The van der Waals surface area contributed by atoms with Gasteiger partial charge in [0.25, 0.3) is 0 Å². The van der Waals surface area contributed by atoms with Gasteiger partial charge in [0.2, 0.25) is 0 Å². The fourth-order valence-corrected chi connectivity index (χ4v) is 4.13. The molecule has 3 rings (SSSR count). The Bertz CT molecular complexity index is 643. The smallest absolute Gasteiger partial charge is 0.0948 e. The number of hydrogen-bond donors (Lipinski definition) is 1. The highest BCUT2D eigenvalue weighted by atomic mass is 32.1. The van der Waals surface area contributed by atoms with Gasteiger partial charge in [-0.05, 0) is 49.8 Å². The van der Waals surface area contributed by atoms with Crippen molar-refractivity contribution in [1.82, 2.24) is 10.3 Å². The number of fused-ring (bicyclic) bond motifs is 1. The molecule has 0 saturated carbocycles. The van der Waals surface area contributed by atoms with Crippen molar-refractivity contribution in [2.24, 2.45) is 0 Å². The predicted molar refractivity (Wildman–Crippen MR) is 95.8 cm³/mol. The van der Waals surface area contributed by atoms with Crippen molar-refractivity contribution in [3.63, 3.8) is 0 Å². The van der Waals surface area contributed by atoms with Crippen LogP contribution >= 0.6 is 11.3 Å². The number of benzene rings is 1. The Hall–Kier alpha value is -1.19. The summed E-state index contributed by atoms with van der Waals surface area (Å²) < 4.78 is 0. The molecule has 2 aromatic rings. The maximum Gasteiger partial charge on any atom is 0.0948 e. The summed E-state index contributed by atoms with van der Waals surface area (Å²) in [6.07, 6.45) is 6.18. The third kappa shape index (κ3) is 3.58. The first kappa shape index (κ1) is 15.7. The van der Waals surface area contributed by atoms with Gasteiger partial charge in [-0.25, -0.2) is 4.98 Å². The van der Waals surface area contributed by atoms with Crippen LogP contribution in [0, 0.1) is 6.92 Å². The van der Waals surface area contributed by atoms with Crippen molar-refractivity contribution < 1.29 is 0 Å². The van der Waals surface area contributed by atoms with Crippen molar-refractivity contribution >= 4 is 11.3 Å². The number of nitrogens with zero attached hydrogens (tertiary/aromatic N) is 1. The van der Waals surface area contributed by atoms with Crippen LogP contribution in [0.15, 0.2) is 18.2 Å². The van der Waals surface area contributed by atoms with E-state index in [9.17, 15) is 0 Å². The zero-order chi connectivity index (χ0) is 15.5. The van der Waals surface area contributed by atoms with Gasteiger partial charge in [-0.3, -0.25) is 0 Å². The minimum absolute atomic E-state index is 0.543. The Kier molecular flexibility index (Phi) is 4.94. The molecule has 1 N–H and O–H groups in total. The number of rotatable bonds is 5. The number of thiazole rings is 1. The molecule has 1 aliphatic carbocycles. The summed E-state index contributed by atoms with van der Waals surface area (Å²) in [7, 11) is 0. The molecule has 22 heavy (non-hydrogen) atoms. The Morgan fingerprint density at radius 1 is 1.18 bits per heavy atom. The molecule has 1 heterocycles. The van der Waals surface area contributed by atoms with Crippen LogP contribution in [0.2, 0.25) is 0 Å². The summed E-state index contributed by atoms with van der Waals surface area (Å²) in [5.41, 5.74) is 5.58. The SMILES string of the molecule is Cc1sc(CCNC(C)C)nc1-c1ccc2c(c1)CCCC2. The molecule has 0 amide bonds. The lowest BCUT2D eigenvalue weighted by atomic mass is 9.90. The molecular weight excluding hydrogens is 288 g/mol. The molecule has 1 aromatic carbocycles. The standard InChI is InChI=1S/C19H26N2S/c1-13(2)20-11-10-18-21-19(14(3)22-18)17-9-8-15-6-4-5-7-16(15)12-17/h8-9,12-13,20H,4-7,10-11H2,1-3H3. The molecule has 0 radical (unpaired) electrons. The maximum atomic E-state index is 4.90. The quantitative estimate of drug-likeness (QED) is 0.876. The van der Waals surface area contributed by atoms with Crippen molar-refractivity contribution in [3.05, 3.63) is 39.2 Å². The second kappa shape index (κ2) is 6.93. The molecular formula is C19H26N2S. The zero-order valence-electron chi connectivity index (χ0n) is 13.9. The van der Waals surface area contributed by atoms with E-state index in [0.29, 0.717) is 6.04 Å². The van der Waals surface area contributed by atoms with Gasteiger partial charge in [-0.15, -0.1) is 11.3 Å². The first-order chi connectivity index (χ1) is 10.6. The van der Waals surface area contributed by atoms with Crippen LogP contribution < -0.4 is 5.32 Å². The lowest BCUT2D eigenvalue weighted by Crippen LogP contribution is -2.24. The topological polar surface area (TPSA) is 24.9 Å². The van der Waals surface area contributed by atoms with E-state index in [2.05, 4.69) is 44.3 Å². The molecule has 118 valence electrons. The van der Waals surface area contributed by atoms with E-state index in [1.165, 1.54) is 46.8 Å². The molecule has 0 spiro atoms. The molecule has 3 heteroatoms. The molecule has 1 aromatic heterocycles. The Morgan fingerprint density at radius 3 is 2.73 bits per heavy atom. The number of aryl methyl sites for hydroxylation is 3. The fourth-order valence-electron chi connectivity index (χ4n) is 3.17. The van der Waals surface area contributed by atoms with Gasteiger partial charge >= 0.3 is 0 Å². The molecule has 1 aliphatic rings. The van der Waals surface area contributed by atoms with Crippen LogP contribution in [0.5, 0.6) is 0 Å². The van der Waals surface area contributed by atoms with E-state index in [-0.39, 0.29) is 0 Å². The van der Waals surface area contributed by atoms with Gasteiger partial charge in [-0.1, -0.05) is 26.0 Å². The highest BCUT2D eigenvalue weighted by Crippen LogP contribution is 2.31. The normalized spacial score (nSPS) is 14.4. The summed E-state index contributed by atoms with van der Waals surface area (Å²) in [5, 5.41) is 4.72. The van der Waals surface area contributed by atoms with E-state index in [1.807, 2.05) is 11.3 Å². The number of aromatic nitrogens is 1. The minimum atomic E-state index is 0.543. The first-order valence-corrected chi connectivity index (χ1v) is 9.27. The lowest BCUT2D eigenvalue weighted by molar-refractivity contribution is 0.590. The van der Waals surface area contributed by atoms with E-state index >= 15 is 0 Å². The minimum Gasteiger partial charge on any atom is -0.314 e. The highest BCUT2D eigenvalue weighted by Gasteiger charge is 2.14. The summed E-state index contributed by atoms with van der Waals surface area (Å²) in [6, 6.07) is 7.51. The monoisotopic (exact) mass is 314 g/mol. The third-order valence-corrected chi connectivity index (χ3v) is 5.38. The summed E-state index contributed by atoms with van der Waals surface area (Å²) >= 11 is 1.85. The Balaban J connectivity index is 1.78. The second-order valence-electron chi connectivity index (χ2n) is 6.56. The molecule has 2 nitrogen and oxygen atoms in total. The van der Waals surface area contributed by atoms with Gasteiger partial charge in [0.05, 0.1) is 10.7 Å². The molecule has 0 unspecified atom stereocenters. The van der Waals surface area contributed by atoms with Crippen LogP contribution in [0.25, 0.3) is 11.3 Å². The molecule has 0 fully saturated rings. The maximum absolute atomic E-state index is 4.90. The average molecular weight is 314 g/mol. The van der Waals surface area contributed by atoms with Crippen molar-refractivity contribution in [3.8, 4) is 11.3 Å². The van der Waals surface area contributed by atoms with Crippen LogP contribution in [-0.4, -0.2) is 17.6 Å². The molecule has 0 aliphatic heterocycles. The average Bonchev–Trinajstić information content (AvgIpc) is 2.87. The largest absolute Gasteiger partial charge is 0.314 e. The molecule has 0 atom stereocenters. The van der Waals surface area contributed by atoms with E-state index in [4.69, 9.17) is 4.98 Å². The van der Waals surface area contributed by atoms with Crippen LogP contribution in [-0.2, 0) is 19.3 Å². The summed E-state index contributed by atoms with van der Waals surface area (Å²) in [6.45, 7) is 7.58. The predicted octanol–water partition coefficient (Wildman–Crippen LogP) is 4.54. The fraction of sp³-hybridized carbons (Fsp3) is 0.526. The van der Waals surface area contributed by atoms with Gasteiger partial charge in [-0.2, -0.15) is 0 Å². The number of nitrogens with one attached hydrogen (secondary N) is 1. The van der Waals surface area contributed by atoms with E-state index < -0.39 is 0 Å². The van der Waals surface area contributed by atoms with E-state index in [1.54, 1.807) is 11.1 Å². The first-order valence-electron chi connectivity index (χ1n) is 8.45. The highest BCUT2D eigenvalue weighted by molar-refractivity contribution is 7.12. The molecule has 0 saturated heterocycles. The summed E-state index contributed by atoms with van der Waals surface area (Å²) in [5.74, 6) is 0.